The Morgan fingerprint density at radius 3 is 2.96 bits per heavy atom. The van der Waals surface area contributed by atoms with E-state index in [9.17, 15) is 4.79 Å². The minimum Gasteiger partial charge on any atom is -0.350 e. The standard InChI is InChI=1S/C17H21ClN4O.ClH/c1-17(2,11-4-3-5-12(18)8-11)10-20-16(23)15-13-9-19-7-6-14(13)21-22-15;/h3-5,8,19H,6-7,9-10H2,1-2H3,(H,20,23)(H,21,22);1H. The van der Waals surface area contributed by atoms with Crippen molar-refractivity contribution in [1.29, 1.82) is 0 Å². The number of rotatable bonds is 4. The number of aromatic nitrogens is 2. The molecule has 0 spiro atoms. The maximum Gasteiger partial charge on any atom is 0.272 e. The first-order valence-corrected chi connectivity index (χ1v) is 8.16. The fourth-order valence-electron chi connectivity index (χ4n) is 2.81. The summed E-state index contributed by atoms with van der Waals surface area (Å²) in [5.74, 6) is -0.138. The van der Waals surface area contributed by atoms with Crippen LogP contribution in [0.4, 0.5) is 0 Å². The van der Waals surface area contributed by atoms with Gasteiger partial charge in [-0.2, -0.15) is 5.10 Å². The summed E-state index contributed by atoms with van der Waals surface area (Å²) in [7, 11) is 0. The average Bonchev–Trinajstić information content (AvgIpc) is 2.97. The summed E-state index contributed by atoms with van der Waals surface area (Å²) in [6.07, 6.45) is 0.879. The largest absolute Gasteiger partial charge is 0.350 e. The van der Waals surface area contributed by atoms with Crippen LogP contribution in [0.2, 0.25) is 5.02 Å². The van der Waals surface area contributed by atoms with Crippen molar-refractivity contribution in [3.05, 3.63) is 51.8 Å². The molecule has 130 valence electrons. The molecule has 1 aliphatic heterocycles. The van der Waals surface area contributed by atoms with Crippen LogP contribution in [0.5, 0.6) is 0 Å². The van der Waals surface area contributed by atoms with E-state index in [1.807, 2.05) is 24.3 Å². The highest BCUT2D eigenvalue weighted by Crippen LogP contribution is 2.25. The monoisotopic (exact) mass is 368 g/mol. The summed E-state index contributed by atoms with van der Waals surface area (Å²) in [6.45, 7) is 6.28. The number of carbonyl (C=O) groups is 1. The van der Waals surface area contributed by atoms with Gasteiger partial charge in [0, 0.05) is 47.8 Å². The highest BCUT2D eigenvalue weighted by atomic mass is 35.5. The van der Waals surface area contributed by atoms with Gasteiger partial charge in [-0.3, -0.25) is 9.89 Å². The lowest BCUT2D eigenvalue weighted by Gasteiger charge is -2.26. The molecular formula is C17H22Cl2N4O. The van der Waals surface area contributed by atoms with Crippen molar-refractivity contribution in [2.24, 2.45) is 0 Å². The van der Waals surface area contributed by atoms with Crippen LogP contribution in [0.15, 0.2) is 24.3 Å². The topological polar surface area (TPSA) is 69.8 Å². The maximum atomic E-state index is 12.5. The number of aromatic amines is 1. The Morgan fingerprint density at radius 1 is 1.42 bits per heavy atom. The van der Waals surface area contributed by atoms with E-state index in [4.69, 9.17) is 11.6 Å². The molecule has 0 atom stereocenters. The van der Waals surface area contributed by atoms with E-state index in [1.165, 1.54) is 0 Å². The zero-order chi connectivity index (χ0) is 16.4. The van der Waals surface area contributed by atoms with Crippen LogP contribution in [0.1, 0.15) is 41.2 Å². The van der Waals surface area contributed by atoms with E-state index in [1.54, 1.807) is 0 Å². The van der Waals surface area contributed by atoms with Gasteiger partial charge >= 0.3 is 0 Å². The number of H-pyrrole nitrogens is 1. The summed E-state index contributed by atoms with van der Waals surface area (Å²) in [5.41, 5.74) is 3.41. The van der Waals surface area contributed by atoms with Crippen molar-refractivity contribution in [3.8, 4) is 0 Å². The summed E-state index contributed by atoms with van der Waals surface area (Å²) < 4.78 is 0. The van der Waals surface area contributed by atoms with Crippen LogP contribution in [-0.2, 0) is 18.4 Å². The van der Waals surface area contributed by atoms with Gasteiger partial charge in [0.2, 0.25) is 0 Å². The van der Waals surface area contributed by atoms with Crippen molar-refractivity contribution in [1.82, 2.24) is 20.8 Å². The van der Waals surface area contributed by atoms with Crippen LogP contribution in [0.25, 0.3) is 0 Å². The number of nitrogens with one attached hydrogen (secondary N) is 3. The van der Waals surface area contributed by atoms with Crippen molar-refractivity contribution in [3.63, 3.8) is 0 Å². The molecule has 1 amide bonds. The molecule has 1 aromatic carbocycles. The summed E-state index contributed by atoms with van der Waals surface area (Å²) >= 11 is 6.07. The lowest BCUT2D eigenvalue weighted by atomic mass is 9.84. The second-order valence-electron chi connectivity index (χ2n) is 6.53. The van der Waals surface area contributed by atoms with Crippen LogP contribution < -0.4 is 10.6 Å². The van der Waals surface area contributed by atoms with Gasteiger partial charge in [-0.05, 0) is 17.7 Å². The van der Waals surface area contributed by atoms with Gasteiger partial charge in [-0.15, -0.1) is 12.4 Å². The van der Waals surface area contributed by atoms with Gasteiger partial charge in [-0.1, -0.05) is 37.6 Å². The lowest BCUT2D eigenvalue weighted by Crippen LogP contribution is -2.37. The molecule has 0 saturated heterocycles. The summed E-state index contributed by atoms with van der Waals surface area (Å²) in [4.78, 5) is 12.5. The molecule has 3 rings (SSSR count). The van der Waals surface area contributed by atoms with Gasteiger partial charge in [0.1, 0.15) is 0 Å². The van der Waals surface area contributed by atoms with E-state index in [0.29, 0.717) is 23.8 Å². The molecule has 0 aliphatic carbocycles. The number of hydrogen-bond donors (Lipinski definition) is 3. The molecule has 0 saturated carbocycles. The molecule has 0 unspecified atom stereocenters. The summed E-state index contributed by atoms with van der Waals surface area (Å²) in [6, 6.07) is 7.74. The Kier molecular flexibility index (Phi) is 5.91. The normalized spacial score (nSPS) is 13.8. The molecule has 2 aromatic rings. The fraction of sp³-hybridized carbons (Fsp3) is 0.412. The molecule has 0 radical (unpaired) electrons. The minimum absolute atomic E-state index is 0. The van der Waals surface area contributed by atoms with Crippen molar-refractivity contribution in [2.75, 3.05) is 13.1 Å². The quantitative estimate of drug-likeness (QED) is 0.776. The van der Waals surface area contributed by atoms with Gasteiger partial charge in [-0.25, -0.2) is 0 Å². The van der Waals surface area contributed by atoms with E-state index in [0.717, 1.165) is 29.8 Å². The number of nitrogens with zero attached hydrogens (tertiary/aromatic N) is 1. The number of amides is 1. The molecule has 5 nitrogen and oxygen atoms in total. The third-order valence-electron chi connectivity index (χ3n) is 4.32. The molecule has 3 N–H and O–H groups in total. The van der Waals surface area contributed by atoms with Crippen LogP contribution in [0, 0.1) is 0 Å². The number of halogens is 2. The zero-order valence-corrected chi connectivity index (χ0v) is 15.4. The Hall–Kier alpha value is -1.56. The van der Waals surface area contributed by atoms with Crippen molar-refractivity contribution in [2.45, 2.75) is 32.2 Å². The third kappa shape index (κ3) is 3.91. The molecule has 0 fully saturated rings. The zero-order valence-electron chi connectivity index (χ0n) is 13.8. The Bertz CT molecular complexity index is 727. The van der Waals surface area contributed by atoms with Crippen LogP contribution in [0.3, 0.4) is 0 Å². The second kappa shape index (κ2) is 7.55. The molecule has 24 heavy (non-hydrogen) atoms. The minimum atomic E-state index is -0.213. The molecule has 1 aliphatic rings. The van der Waals surface area contributed by atoms with E-state index in [-0.39, 0.29) is 23.7 Å². The number of fused-ring (bicyclic) bond motifs is 1. The third-order valence-corrected chi connectivity index (χ3v) is 4.55. The molecule has 7 heteroatoms. The van der Waals surface area contributed by atoms with Crippen molar-refractivity contribution >= 4 is 29.9 Å². The molecule has 1 aromatic heterocycles. The lowest BCUT2D eigenvalue weighted by molar-refractivity contribution is 0.0939. The van der Waals surface area contributed by atoms with Crippen molar-refractivity contribution < 1.29 is 4.79 Å². The molecule has 0 bridgehead atoms. The molecule has 2 heterocycles. The average molecular weight is 369 g/mol. The van der Waals surface area contributed by atoms with Gasteiger partial charge in [0.05, 0.1) is 0 Å². The maximum absolute atomic E-state index is 12.5. The number of hydrogen-bond acceptors (Lipinski definition) is 3. The van der Waals surface area contributed by atoms with Gasteiger partial charge in [0.25, 0.3) is 5.91 Å². The first kappa shape index (κ1) is 18.8. The Labute approximate surface area is 153 Å². The Balaban J connectivity index is 0.00000208. The smallest absolute Gasteiger partial charge is 0.272 e. The first-order valence-electron chi connectivity index (χ1n) is 7.78. The number of carbonyl (C=O) groups excluding carboxylic acids is 1. The highest BCUT2D eigenvalue weighted by molar-refractivity contribution is 6.30. The van der Waals surface area contributed by atoms with Gasteiger partial charge < -0.3 is 10.6 Å². The highest BCUT2D eigenvalue weighted by Gasteiger charge is 2.25. The van der Waals surface area contributed by atoms with Gasteiger partial charge in [0.15, 0.2) is 5.69 Å². The Morgan fingerprint density at radius 2 is 2.21 bits per heavy atom. The predicted octanol–water partition coefficient (Wildman–Crippen LogP) is 2.84. The second-order valence-corrected chi connectivity index (χ2v) is 6.97. The van der Waals surface area contributed by atoms with Crippen LogP contribution in [-0.4, -0.2) is 29.2 Å². The van der Waals surface area contributed by atoms with E-state index in [2.05, 4.69) is 34.7 Å². The van der Waals surface area contributed by atoms with E-state index < -0.39 is 0 Å². The summed E-state index contributed by atoms with van der Waals surface area (Å²) in [5, 5.41) is 14.1. The SMILES string of the molecule is CC(C)(CNC(=O)c1n[nH]c2c1CNCC2)c1cccc(Cl)c1.Cl. The molecular weight excluding hydrogens is 347 g/mol. The van der Waals surface area contributed by atoms with Crippen LogP contribution >= 0.6 is 24.0 Å². The predicted molar refractivity (Wildman–Crippen MR) is 98.1 cm³/mol. The first-order chi connectivity index (χ1) is 11.0. The van der Waals surface area contributed by atoms with E-state index >= 15 is 0 Å². The fourth-order valence-corrected chi connectivity index (χ4v) is 3.00. The number of benzene rings is 1.